The van der Waals surface area contributed by atoms with Crippen molar-refractivity contribution in [1.29, 1.82) is 0 Å². The van der Waals surface area contributed by atoms with Crippen molar-refractivity contribution in [2.45, 2.75) is 71.4 Å². The summed E-state index contributed by atoms with van der Waals surface area (Å²) in [6.45, 7) is 9.96. The molecule has 8 N–H and O–H groups in total. The van der Waals surface area contributed by atoms with Crippen LogP contribution in [-0.4, -0.2) is 24.7 Å². The number of hydrogen-bond donors (Lipinski definition) is 4. The smallest absolute Gasteiger partial charge is 0.0123 e. The van der Waals surface area contributed by atoms with Crippen molar-refractivity contribution in [3.05, 3.63) is 0 Å². The van der Waals surface area contributed by atoms with Crippen molar-refractivity contribution in [2.75, 3.05) is 13.1 Å². The molecule has 2 unspecified atom stereocenters. The van der Waals surface area contributed by atoms with Gasteiger partial charge in [-0.3, -0.25) is 0 Å². The highest BCUT2D eigenvalue weighted by molar-refractivity contribution is 4.78. The van der Waals surface area contributed by atoms with Gasteiger partial charge in [0.2, 0.25) is 0 Å². The average Bonchev–Trinajstić information content (AvgIpc) is 2.29. The molecule has 0 fully saturated rings. The fraction of sp³-hybridized carbons (Fsp3) is 1.00. The van der Waals surface area contributed by atoms with Gasteiger partial charge in [0.1, 0.15) is 0 Å². The zero-order valence-corrected chi connectivity index (χ0v) is 12.9. The summed E-state index contributed by atoms with van der Waals surface area (Å²) in [4.78, 5) is 0. The lowest BCUT2D eigenvalue weighted by molar-refractivity contribution is 0.318. The van der Waals surface area contributed by atoms with Gasteiger partial charge in [-0.15, -0.1) is 0 Å². The van der Waals surface area contributed by atoms with Gasteiger partial charge in [-0.25, -0.2) is 0 Å². The molecule has 0 radical (unpaired) electrons. The first-order chi connectivity index (χ1) is 8.29. The predicted molar refractivity (Wildman–Crippen MR) is 82.3 cm³/mol. The molecule has 18 heavy (non-hydrogen) atoms. The number of nitrogens with two attached hydrogens (primary N) is 4. The highest BCUT2D eigenvalue weighted by atomic mass is 14.7. The monoisotopic (exact) mass is 260 g/mol. The van der Waals surface area contributed by atoms with E-state index < -0.39 is 0 Å². The summed E-state index contributed by atoms with van der Waals surface area (Å²) < 4.78 is 0. The average molecular weight is 260 g/mol. The van der Waals surface area contributed by atoms with E-state index in [4.69, 9.17) is 22.9 Å². The summed E-state index contributed by atoms with van der Waals surface area (Å²) >= 11 is 0. The van der Waals surface area contributed by atoms with Crippen molar-refractivity contribution < 1.29 is 0 Å². The van der Waals surface area contributed by atoms with Gasteiger partial charge in [0.25, 0.3) is 0 Å². The van der Waals surface area contributed by atoms with Crippen LogP contribution in [0.25, 0.3) is 0 Å². The van der Waals surface area contributed by atoms with E-state index in [1.165, 1.54) is 12.8 Å². The van der Waals surface area contributed by atoms with E-state index in [9.17, 15) is 0 Å². The van der Waals surface area contributed by atoms with Gasteiger partial charge in [-0.05, 0) is 58.5 Å². The van der Waals surface area contributed by atoms with Crippen LogP contribution in [0.2, 0.25) is 0 Å². The van der Waals surface area contributed by atoms with Crippen LogP contribution in [0.5, 0.6) is 0 Å². The fourth-order valence-electron chi connectivity index (χ4n) is 1.39. The second kappa shape index (κ2) is 11.9. The maximum absolute atomic E-state index is 5.93. The Morgan fingerprint density at radius 3 is 1.83 bits per heavy atom. The molecule has 0 spiro atoms. The molecule has 0 saturated carbocycles. The highest BCUT2D eigenvalue weighted by Gasteiger charge is 2.19. The van der Waals surface area contributed by atoms with Crippen molar-refractivity contribution >= 4 is 0 Å². The van der Waals surface area contributed by atoms with E-state index in [2.05, 4.69) is 27.7 Å². The van der Waals surface area contributed by atoms with E-state index in [1.807, 2.05) is 0 Å². The topological polar surface area (TPSA) is 104 Å². The third kappa shape index (κ3) is 13.9. The molecule has 0 heterocycles. The van der Waals surface area contributed by atoms with Crippen LogP contribution in [0, 0.1) is 5.92 Å². The van der Waals surface area contributed by atoms with Crippen LogP contribution in [0.1, 0.15) is 59.8 Å². The first-order valence-electron chi connectivity index (χ1n) is 7.24. The largest absolute Gasteiger partial charge is 0.330 e. The second-order valence-corrected chi connectivity index (χ2v) is 5.75. The summed E-state index contributed by atoms with van der Waals surface area (Å²) in [5.74, 6) is 0.592. The first kappa shape index (κ1) is 20.2. The van der Waals surface area contributed by atoms with Crippen molar-refractivity contribution in [1.82, 2.24) is 0 Å². The standard InChI is InChI=1S/C9H22N2.C5H14N2/c1-8(9(2,3)11)6-4-5-7-10;1-2-5(7)3-4-6/h8H,4-7,10-11H2,1-3H3;5H,2-4,6-7H2,1H3. The van der Waals surface area contributed by atoms with Gasteiger partial charge in [0.05, 0.1) is 0 Å². The van der Waals surface area contributed by atoms with Gasteiger partial charge in [0, 0.05) is 11.6 Å². The molecule has 112 valence electrons. The van der Waals surface area contributed by atoms with Gasteiger partial charge in [0.15, 0.2) is 0 Å². The lowest BCUT2D eigenvalue weighted by atomic mass is 9.86. The van der Waals surface area contributed by atoms with Gasteiger partial charge >= 0.3 is 0 Å². The number of rotatable bonds is 8. The summed E-state index contributed by atoms with van der Waals surface area (Å²) in [5.41, 5.74) is 22.0. The lowest BCUT2D eigenvalue weighted by Crippen LogP contribution is -2.39. The van der Waals surface area contributed by atoms with E-state index in [-0.39, 0.29) is 5.54 Å². The first-order valence-corrected chi connectivity index (χ1v) is 7.24. The molecule has 4 nitrogen and oxygen atoms in total. The van der Waals surface area contributed by atoms with E-state index >= 15 is 0 Å². The minimum absolute atomic E-state index is 0.0331. The number of unbranched alkanes of at least 4 members (excludes halogenated alkanes) is 1. The minimum Gasteiger partial charge on any atom is -0.330 e. The summed E-state index contributed by atoms with van der Waals surface area (Å²) in [6, 6.07) is 0.324. The zero-order valence-electron chi connectivity index (χ0n) is 12.9. The second-order valence-electron chi connectivity index (χ2n) is 5.75. The Balaban J connectivity index is 0. The van der Waals surface area contributed by atoms with Gasteiger partial charge in [-0.1, -0.05) is 20.3 Å². The summed E-state index contributed by atoms with van der Waals surface area (Å²) in [5, 5.41) is 0. The van der Waals surface area contributed by atoms with Crippen molar-refractivity contribution in [2.24, 2.45) is 28.9 Å². The maximum Gasteiger partial charge on any atom is 0.0123 e. The van der Waals surface area contributed by atoms with Crippen LogP contribution in [-0.2, 0) is 0 Å². The minimum atomic E-state index is -0.0331. The predicted octanol–water partition coefficient (Wildman–Crippen LogP) is 1.56. The number of hydrogen-bond acceptors (Lipinski definition) is 4. The molecular weight excluding hydrogens is 224 g/mol. The molecule has 4 heteroatoms. The van der Waals surface area contributed by atoms with E-state index in [0.717, 1.165) is 32.4 Å². The van der Waals surface area contributed by atoms with Crippen LogP contribution in [0.3, 0.4) is 0 Å². The third-order valence-electron chi connectivity index (χ3n) is 3.42. The SMILES string of the molecule is CC(CCCCN)C(C)(C)N.CCC(N)CCN. The molecule has 0 rings (SSSR count). The quantitative estimate of drug-likeness (QED) is 0.497. The van der Waals surface area contributed by atoms with E-state index in [0.29, 0.717) is 12.0 Å². The van der Waals surface area contributed by atoms with Crippen LogP contribution < -0.4 is 22.9 Å². The van der Waals surface area contributed by atoms with Crippen molar-refractivity contribution in [3.8, 4) is 0 Å². The van der Waals surface area contributed by atoms with Gasteiger partial charge in [-0.2, -0.15) is 0 Å². The summed E-state index contributed by atoms with van der Waals surface area (Å²) in [6.07, 6.45) is 5.52. The Morgan fingerprint density at radius 1 is 1.00 bits per heavy atom. The molecule has 2 atom stereocenters. The molecule has 0 saturated heterocycles. The molecule has 0 aromatic carbocycles. The summed E-state index contributed by atoms with van der Waals surface area (Å²) in [7, 11) is 0. The molecule has 0 amide bonds. The lowest BCUT2D eigenvalue weighted by Gasteiger charge is -2.27. The zero-order chi connectivity index (χ0) is 14.6. The fourth-order valence-corrected chi connectivity index (χ4v) is 1.39. The maximum atomic E-state index is 5.93. The third-order valence-corrected chi connectivity index (χ3v) is 3.42. The molecule has 0 aromatic rings. The Kier molecular flexibility index (Phi) is 13.3. The highest BCUT2D eigenvalue weighted by Crippen LogP contribution is 2.18. The Bertz CT molecular complexity index is 166. The molecule has 0 aliphatic carbocycles. The van der Waals surface area contributed by atoms with Gasteiger partial charge < -0.3 is 22.9 Å². The molecule has 0 aromatic heterocycles. The Labute approximate surface area is 114 Å². The normalized spacial score (nSPS) is 14.7. The van der Waals surface area contributed by atoms with Crippen LogP contribution in [0.4, 0.5) is 0 Å². The van der Waals surface area contributed by atoms with Crippen LogP contribution >= 0.6 is 0 Å². The van der Waals surface area contributed by atoms with E-state index in [1.54, 1.807) is 0 Å². The van der Waals surface area contributed by atoms with Crippen molar-refractivity contribution in [3.63, 3.8) is 0 Å². The Morgan fingerprint density at radius 2 is 1.56 bits per heavy atom. The molecule has 0 aliphatic rings. The molecule has 0 bridgehead atoms. The Hall–Kier alpha value is -0.160. The molecular formula is C14H36N4. The van der Waals surface area contributed by atoms with Crippen LogP contribution in [0.15, 0.2) is 0 Å². The molecule has 0 aliphatic heterocycles.